The van der Waals surface area contributed by atoms with Crippen molar-refractivity contribution in [1.82, 2.24) is 0 Å². The molecule has 62 valence electrons. The Kier molecular flexibility index (Phi) is 1.61. The first kappa shape index (κ1) is 7.35. The fourth-order valence-electron chi connectivity index (χ4n) is 1.03. The molecule has 0 saturated heterocycles. The van der Waals surface area contributed by atoms with Gasteiger partial charge in [-0.15, -0.1) is 0 Å². The van der Waals surface area contributed by atoms with Crippen molar-refractivity contribution in [2.24, 2.45) is 11.7 Å². The largest absolute Gasteiger partial charge is 0.369 e. The van der Waals surface area contributed by atoms with Gasteiger partial charge in [-0.25, -0.2) is 0 Å². The van der Waals surface area contributed by atoms with E-state index in [0.29, 0.717) is 0 Å². The summed E-state index contributed by atoms with van der Waals surface area (Å²) in [4.78, 5) is 9.98. The highest BCUT2D eigenvalue weighted by molar-refractivity contribution is 5.78. The predicted molar refractivity (Wildman–Crippen MR) is 47.4 cm³/mol. The van der Waals surface area contributed by atoms with Crippen molar-refractivity contribution in [3.05, 3.63) is 24.3 Å². The molecule has 0 radical (unpaired) electrons. The van der Waals surface area contributed by atoms with E-state index in [1.54, 1.807) is 0 Å². The molecule has 1 amide bonds. The number of carbonyl (C=O) groups is 1. The minimum atomic E-state index is -0.130. The van der Waals surface area contributed by atoms with E-state index in [4.69, 9.17) is 5.73 Å². The van der Waals surface area contributed by atoms with E-state index in [0.717, 1.165) is 12.8 Å². The highest BCUT2D eigenvalue weighted by atomic mass is 16.1. The van der Waals surface area contributed by atoms with Crippen molar-refractivity contribution in [2.75, 3.05) is 0 Å². The molecule has 3 rings (SSSR count). The van der Waals surface area contributed by atoms with Gasteiger partial charge in [-0.1, -0.05) is 24.3 Å². The SMILES string of the molecule is NC(=O)C1CC1.c1cc2ccc1-2. The molecule has 0 heterocycles. The maximum atomic E-state index is 9.98. The molecule has 2 N–H and O–H groups in total. The summed E-state index contributed by atoms with van der Waals surface area (Å²) in [5, 5.41) is 0. The molecule has 0 unspecified atom stereocenters. The van der Waals surface area contributed by atoms with Crippen LogP contribution in [0.3, 0.4) is 0 Å². The van der Waals surface area contributed by atoms with Gasteiger partial charge in [-0.3, -0.25) is 4.79 Å². The molecule has 1 saturated carbocycles. The Morgan fingerprint density at radius 3 is 1.58 bits per heavy atom. The van der Waals surface area contributed by atoms with Gasteiger partial charge in [0.2, 0.25) is 5.91 Å². The average Bonchev–Trinajstić information content (AvgIpc) is 2.79. The molecule has 0 aromatic carbocycles. The van der Waals surface area contributed by atoms with E-state index in [2.05, 4.69) is 24.3 Å². The fraction of sp³-hybridized carbons (Fsp3) is 0.300. The third-order valence-corrected chi connectivity index (χ3v) is 2.20. The topological polar surface area (TPSA) is 43.1 Å². The van der Waals surface area contributed by atoms with E-state index in [-0.39, 0.29) is 11.8 Å². The van der Waals surface area contributed by atoms with Crippen LogP contribution in [-0.4, -0.2) is 5.91 Å². The molecule has 3 aliphatic rings. The highest BCUT2D eigenvalue weighted by Gasteiger charge is 2.26. The van der Waals surface area contributed by atoms with E-state index in [1.807, 2.05) is 0 Å². The van der Waals surface area contributed by atoms with Crippen LogP contribution < -0.4 is 5.73 Å². The second-order valence-electron chi connectivity index (χ2n) is 3.25. The summed E-state index contributed by atoms with van der Waals surface area (Å²) in [7, 11) is 0. The molecule has 0 aromatic heterocycles. The van der Waals surface area contributed by atoms with Crippen molar-refractivity contribution < 1.29 is 4.79 Å². The first-order valence-electron chi connectivity index (χ1n) is 4.17. The number of nitrogens with two attached hydrogens (primary N) is 1. The van der Waals surface area contributed by atoms with E-state index in [1.165, 1.54) is 11.1 Å². The fourth-order valence-corrected chi connectivity index (χ4v) is 1.03. The molecule has 0 bridgehead atoms. The third-order valence-electron chi connectivity index (χ3n) is 2.20. The predicted octanol–water partition coefficient (Wildman–Crippen LogP) is 1.55. The summed E-state index contributed by atoms with van der Waals surface area (Å²) >= 11 is 0. The van der Waals surface area contributed by atoms with Gasteiger partial charge < -0.3 is 5.73 Å². The van der Waals surface area contributed by atoms with Crippen LogP contribution in [-0.2, 0) is 4.79 Å². The Morgan fingerprint density at radius 2 is 1.58 bits per heavy atom. The Labute approximate surface area is 71.4 Å². The van der Waals surface area contributed by atoms with Crippen LogP contribution in [0.15, 0.2) is 24.3 Å². The Morgan fingerprint density at radius 1 is 1.17 bits per heavy atom. The van der Waals surface area contributed by atoms with Crippen molar-refractivity contribution >= 4 is 5.91 Å². The van der Waals surface area contributed by atoms with Gasteiger partial charge in [0.15, 0.2) is 0 Å². The Hall–Kier alpha value is -1.31. The minimum absolute atomic E-state index is 0.130. The molecular formula is C10H11NO. The standard InChI is InChI=1S/C6H4.C4H7NO/c1-2-6-4-3-5(1)6;5-4(6)3-1-2-3/h1-4H;3H,1-2H2,(H2,5,6). The first-order chi connectivity index (χ1) is 5.77. The number of hydrogen-bond acceptors (Lipinski definition) is 1. The summed E-state index contributed by atoms with van der Waals surface area (Å²) in [6, 6.07) is 8.48. The number of hydrogen-bond donors (Lipinski definition) is 1. The van der Waals surface area contributed by atoms with Gasteiger partial charge in [-0.05, 0) is 24.0 Å². The maximum absolute atomic E-state index is 9.98. The third kappa shape index (κ3) is 1.33. The highest BCUT2D eigenvalue weighted by Crippen LogP contribution is 2.29. The zero-order valence-corrected chi connectivity index (χ0v) is 6.79. The number of fused-ring (bicyclic) bond motifs is 1. The molecule has 2 nitrogen and oxygen atoms in total. The molecule has 0 spiro atoms. The van der Waals surface area contributed by atoms with Crippen molar-refractivity contribution in [2.45, 2.75) is 12.8 Å². The molecule has 12 heavy (non-hydrogen) atoms. The van der Waals surface area contributed by atoms with Gasteiger partial charge >= 0.3 is 0 Å². The summed E-state index contributed by atoms with van der Waals surface area (Å²) < 4.78 is 0. The van der Waals surface area contributed by atoms with Crippen LogP contribution in [0.25, 0.3) is 11.1 Å². The first-order valence-corrected chi connectivity index (χ1v) is 4.17. The van der Waals surface area contributed by atoms with Crippen molar-refractivity contribution in [3.63, 3.8) is 0 Å². The lowest BCUT2D eigenvalue weighted by Crippen LogP contribution is -2.11. The van der Waals surface area contributed by atoms with Gasteiger partial charge in [0.25, 0.3) is 0 Å². The zero-order chi connectivity index (χ0) is 8.55. The van der Waals surface area contributed by atoms with Crippen LogP contribution in [0.1, 0.15) is 12.8 Å². The number of amides is 1. The monoisotopic (exact) mass is 161 g/mol. The number of rotatable bonds is 1. The normalized spacial score (nSPS) is 16.0. The number of carbonyl (C=O) groups excluding carboxylic acids is 1. The van der Waals surface area contributed by atoms with Crippen LogP contribution in [0.2, 0.25) is 0 Å². The van der Waals surface area contributed by atoms with E-state index < -0.39 is 0 Å². The quantitative estimate of drug-likeness (QED) is 0.677. The van der Waals surface area contributed by atoms with Gasteiger partial charge in [0.05, 0.1) is 0 Å². The van der Waals surface area contributed by atoms with Gasteiger partial charge in [0.1, 0.15) is 0 Å². The van der Waals surface area contributed by atoms with Crippen molar-refractivity contribution in [3.8, 4) is 11.1 Å². The number of primary amides is 1. The van der Waals surface area contributed by atoms with Crippen LogP contribution in [0.5, 0.6) is 0 Å². The molecule has 1 fully saturated rings. The lowest BCUT2D eigenvalue weighted by Gasteiger charge is -2.10. The Bertz CT molecular complexity index is 277. The maximum Gasteiger partial charge on any atom is 0.220 e. The number of benzene rings is 1. The summed E-state index contributed by atoms with van der Waals surface area (Å²) in [5.74, 6) is 0.111. The van der Waals surface area contributed by atoms with E-state index in [9.17, 15) is 4.79 Å². The lowest BCUT2D eigenvalue weighted by molar-refractivity contribution is -0.119. The molecule has 0 aliphatic heterocycles. The smallest absolute Gasteiger partial charge is 0.220 e. The van der Waals surface area contributed by atoms with Crippen LogP contribution in [0, 0.1) is 5.92 Å². The van der Waals surface area contributed by atoms with Crippen LogP contribution in [0.4, 0.5) is 0 Å². The lowest BCUT2D eigenvalue weighted by atomic mass is 9.95. The molecule has 0 atom stereocenters. The Balaban J connectivity index is 0.0000000939. The minimum Gasteiger partial charge on any atom is -0.369 e. The van der Waals surface area contributed by atoms with Gasteiger partial charge in [0, 0.05) is 5.92 Å². The second-order valence-corrected chi connectivity index (χ2v) is 3.25. The summed E-state index contributed by atoms with van der Waals surface area (Å²) in [6.45, 7) is 0. The molecular weight excluding hydrogens is 150 g/mol. The van der Waals surface area contributed by atoms with E-state index >= 15 is 0 Å². The summed E-state index contributed by atoms with van der Waals surface area (Å²) in [5.41, 5.74) is 7.71. The van der Waals surface area contributed by atoms with Crippen molar-refractivity contribution in [1.29, 1.82) is 0 Å². The average molecular weight is 161 g/mol. The summed E-state index contributed by atoms with van der Waals surface area (Å²) in [6.07, 6.45) is 2.05. The van der Waals surface area contributed by atoms with Gasteiger partial charge in [-0.2, -0.15) is 0 Å². The molecule has 3 aliphatic carbocycles. The van der Waals surface area contributed by atoms with Crippen LogP contribution >= 0.6 is 0 Å². The zero-order valence-electron chi connectivity index (χ0n) is 6.79. The molecule has 2 heteroatoms. The second kappa shape index (κ2) is 2.63. The molecule has 0 aromatic rings.